The van der Waals surface area contributed by atoms with Crippen LogP contribution in [0.3, 0.4) is 0 Å². The van der Waals surface area contributed by atoms with Crippen molar-refractivity contribution in [3.63, 3.8) is 0 Å². The molecule has 0 atom stereocenters. The molecule has 1 N–H and O–H groups in total. The van der Waals surface area contributed by atoms with Gasteiger partial charge in [-0.05, 0) is 12.1 Å². The SMILES string of the molecule is CC(=O)NS(=O)(=O)c1ccccc1N=C=O. The molecular formula is C9H8N2O4S. The maximum atomic E-state index is 11.6. The van der Waals surface area contributed by atoms with Crippen LogP contribution < -0.4 is 4.72 Å². The van der Waals surface area contributed by atoms with Crippen LogP contribution in [-0.2, 0) is 19.6 Å². The Kier molecular flexibility index (Phi) is 3.55. The van der Waals surface area contributed by atoms with Crippen molar-refractivity contribution in [2.45, 2.75) is 11.8 Å². The van der Waals surface area contributed by atoms with Crippen LogP contribution in [0.5, 0.6) is 0 Å². The molecule has 0 aromatic heterocycles. The third-order valence-corrected chi connectivity index (χ3v) is 3.08. The zero-order valence-corrected chi connectivity index (χ0v) is 9.11. The van der Waals surface area contributed by atoms with E-state index in [2.05, 4.69) is 4.99 Å². The molecule has 1 rings (SSSR count). The van der Waals surface area contributed by atoms with Crippen molar-refractivity contribution in [2.75, 3.05) is 0 Å². The molecule has 0 aliphatic rings. The van der Waals surface area contributed by atoms with Gasteiger partial charge in [-0.15, -0.1) is 0 Å². The Morgan fingerprint density at radius 2 is 2.00 bits per heavy atom. The molecule has 0 heterocycles. The van der Waals surface area contributed by atoms with Crippen LogP contribution >= 0.6 is 0 Å². The Balaban J connectivity index is 3.32. The molecular weight excluding hydrogens is 232 g/mol. The van der Waals surface area contributed by atoms with Crippen LogP contribution in [0, 0.1) is 0 Å². The summed E-state index contributed by atoms with van der Waals surface area (Å²) in [5.74, 6) is -0.718. The molecule has 0 saturated carbocycles. The summed E-state index contributed by atoms with van der Waals surface area (Å²) >= 11 is 0. The van der Waals surface area contributed by atoms with Gasteiger partial charge < -0.3 is 0 Å². The Labute approximate surface area is 92.1 Å². The lowest BCUT2D eigenvalue weighted by atomic mass is 10.3. The van der Waals surface area contributed by atoms with Crippen molar-refractivity contribution in [3.05, 3.63) is 24.3 Å². The van der Waals surface area contributed by atoms with E-state index in [1.807, 2.05) is 0 Å². The monoisotopic (exact) mass is 240 g/mol. The summed E-state index contributed by atoms with van der Waals surface area (Å²) in [6, 6.07) is 5.54. The number of aliphatic imine (C=N–C) groups is 1. The van der Waals surface area contributed by atoms with Crippen molar-refractivity contribution in [2.24, 2.45) is 4.99 Å². The van der Waals surface area contributed by atoms with Crippen LogP contribution in [0.1, 0.15) is 6.92 Å². The molecule has 1 aromatic rings. The number of sulfonamides is 1. The third kappa shape index (κ3) is 2.75. The summed E-state index contributed by atoms with van der Waals surface area (Å²) in [6.07, 6.45) is 1.25. The molecule has 0 fully saturated rings. The van der Waals surface area contributed by atoms with E-state index in [1.165, 1.54) is 30.3 Å². The number of carbonyl (C=O) groups is 1. The molecule has 1 amide bonds. The van der Waals surface area contributed by atoms with E-state index in [9.17, 15) is 18.0 Å². The number of hydrogen-bond donors (Lipinski definition) is 1. The summed E-state index contributed by atoms with van der Waals surface area (Å²) in [5.41, 5.74) is -0.0637. The highest BCUT2D eigenvalue weighted by atomic mass is 32.2. The summed E-state index contributed by atoms with van der Waals surface area (Å²) in [7, 11) is -3.98. The van der Waals surface area contributed by atoms with Crippen molar-refractivity contribution in [1.82, 2.24) is 4.72 Å². The highest BCUT2D eigenvalue weighted by Crippen LogP contribution is 2.22. The van der Waals surface area contributed by atoms with Gasteiger partial charge in [0, 0.05) is 6.92 Å². The minimum absolute atomic E-state index is 0.0637. The highest BCUT2D eigenvalue weighted by molar-refractivity contribution is 7.90. The third-order valence-electron chi connectivity index (χ3n) is 1.60. The molecule has 0 aliphatic carbocycles. The molecule has 16 heavy (non-hydrogen) atoms. The van der Waals surface area contributed by atoms with Gasteiger partial charge in [-0.25, -0.2) is 17.9 Å². The highest BCUT2D eigenvalue weighted by Gasteiger charge is 2.18. The standard InChI is InChI=1S/C9H8N2O4S/c1-7(13)11-16(14,15)9-5-3-2-4-8(9)10-6-12/h2-5H,1H3,(H,11,13). The van der Waals surface area contributed by atoms with E-state index >= 15 is 0 Å². The van der Waals surface area contributed by atoms with E-state index in [-0.39, 0.29) is 10.6 Å². The average Bonchev–Trinajstić information content (AvgIpc) is 2.17. The van der Waals surface area contributed by atoms with Gasteiger partial charge in [0.1, 0.15) is 4.90 Å². The van der Waals surface area contributed by atoms with Crippen molar-refractivity contribution < 1.29 is 18.0 Å². The van der Waals surface area contributed by atoms with E-state index in [0.29, 0.717) is 0 Å². The van der Waals surface area contributed by atoms with Gasteiger partial charge in [0.25, 0.3) is 10.0 Å². The Bertz CT molecular complexity index is 559. The topological polar surface area (TPSA) is 92.7 Å². The van der Waals surface area contributed by atoms with E-state index in [4.69, 9.17) is 0 Å². The van der Waals surface area contributed by atoms with Gasteiger partial charge in [0.2, 0.25) is 12.0 Å². The van der Waals surface area contributed by atoms with Gasteiger partial charge in [-0.2, -0.15) is 4.99 Å². The van der Waals surface area contributed by atoms with Crippen molar-refractivity contribution in [3.8, 4) is 0 Å². The second-order valence-corrected chi connectivity index (χ2v) is 4.48. The fourth-order valence-electron chi connectivity index (χ4n) is 1.07. The number of nitrogens with one attached hydrogen (secondary N) is 1. The summed E-state index contributed by atoms with van der Waals surface area (Å²) in [6.45, 7) is 1.07. The first-order chi connectivity index (χ1) is 7.47. The quantitative estimate of drug-likeness (QED) is 0.614. The van der Waals surface area contributed by atoms with Gasteiger partial charge in [-0.3, -0.25) is 4.79 Å². The molecule has 1 aromatic carbocycles. The first-order valence-corrected chi connectivity index (χ1v) is 5.66. The number of hydrogen-bond acceptors (Lipinski definition) is 5. The van der Waals surface area contributed by atoms with Crippen molar-refractivity contribution >= 4 is 27.7 Å². The van der Waals surface area contributed by atoms with Crippen LogP contribution in [0.15, 0.2) is 34.2 Å². The van der Waals surface area contributed by atoms with Crippen LogP contribution in [0.25, 0.3) is 0 Å². The van der Waals surface area contributed by atoms with Gasteiger partial charge >= 0.3 is 0 Å². The van der Waals surface area contributed by atoms with Crippen LogP contribution in [-0.4, -0.2) is 20.4 Å². The Morgan fingerprint density at radius 1 is 1.38 bits per heavy atom. The lowest BCUT2D eigenvalue weighted by molar-refractivity contribution is -0.117. The predicted octanol–water partition coefficient (Wildman–Crippen LogP) is 0.479. The Morgan fingerprint density at radius 3 is 2.56 bits per heavy atom. The number of rotatable bonds is 3. The minimum atomic E-state index is -3.98. The fraction of sp³-hybridized carbons (Fsp3) is 0.111. The first kappa shape index (κ1) is 12.1. The number of para-hydroxylation sites is 1. The maximum absolute atomic E-state index is 11.6. The number of benzene rings is 1. The number of isocyanates is 1. The zero-order chi connectivity index (χ0) is 12.2. The molecule has 0 unspecified atom stereocenters. The summed E-state index contributed by atoms with van der Waals surface area (Å²) < 4.78 is 25.0. The molecule has 0 aliphatic heterocycles. The second kappa shape index (κ2) is 4.69. The van der Waals surface area contributed by atoms with Gasteiger partial charge in [0.15, 0.2) is 0 Å². The molecule has 0 bridgehead atoms. The first-order valence-electron chi connectivity index (χ1n) is 4.17. The van der Waals surface area contributed by atoms with Crippen molar-refractivity contribution in [1.29, 1.82) is 0 Å². The summed E-state index contributed by atoms with van der Waals surface area (Å²) in [5, 5.41) is 0. The van der Waals surface area contributed by atoms with Gasteiger partial charge in [-0.1, -0.05) is 12.1 Å². The predicted molar refractivity (Wildman–Crippen MR) is 55.2 cm³/mol. The maximum Gasteiger partial charge on any atom is 0.266 e. The zero-order valence-electron chi connectivity index (χ0n) is 8.30. The molecule has 84 valence electrons. The van der Waals surface area contributed by atoms with E-state index in [1.54, 1.807) is 4.72 Å². The fourth-order valence-corrected chi connectivity index (χ4v) is 2.21. The smallest absolute Gasteiger partial charge is 0.266 e. The molecule has 0 saturated heterocycles. The van der Waals surface area contributed by atoms with E-state index < -0.39 is 15.9 Å². The lowest BCUT2D eigenvalue weighted by Gasteiger charge is -2.05. The number of nitrogens with zero attached hydrogens (tertiary/aromatic N) is 1. The second-order valence-electron chi connectivity index (χ2n) is 2.83. The normalized spacial score (nSPS) is 10.3. The van der Waals surface area contributed by atoms with E-state index in [0.717, 1.165) is 6.92 Å². The Hall–Kier alpha value is -1.98. The molecule has 0 spiro atoms. The molecule has 7 heteroatoms. The summed E-state index contributed by atoms with van der Waals surface area (Å²) in [4.78, 5) is 23.8. The number of carbonyl (C=O) groups excluding carboxylic acids is 2. The van der Waals surface area contributed by atoms with Crippen LogP contribution in [0.2, 0.25) is 0 Å². The van der Waals surface area contributed by atoms with Gasteiger partial charge in [0.05, 0.1) is 5.69 Å². The minimum Gasteiger partial charge on any atom is -0.274 e. The largest absolute Gasteiger partial charge is 0.274 e. The van der Waals surface area contributed by atoms with Crippen LogP contribution in [0.4, 0.5) is 5.69 Å². The molecule has 6 nitrogen and oxygen atoms in total. The average molecular weight is 240 g/mol. The molecule has 0 radical (unpaired) electrons. The number of amides is 1. The lowest BCUT2D eigenvalue weighted by Crippen LogP contribution is -2.28.